The summed E-state index contributed by atoms with van der Waals surface area (Å²) in [4.78, 5) is 25.6. The Morgan fingerprint density at radius 3 is 2.45 bits per heavy atom. The van der Waals surface area contributed by atoms with Crippen LogP contribution in [0.2, 0.25) is 0 Å². The zero-order valence-electron chi connectivity index (χ0n) is 17.9. The maximum atomic E-state index is 14.0. The highest BCUT2D eigenvalue weighted by Crippen LogP contribution is 2.23. The largest absolute Gasteiger partial charge is 0.395 e. The minimum Gasteiger partial charge on any atom is -0.395 e. The number of hydrogen-bond donors (Lipinski definition) is 3. The van der Waals surface area contributed by atoms with E-state index < -0.39 is 29.7 Å². The van der Waals surface area contributed by atoms with Crippen LogP contribution in [0, 0.1) is 18.6 Å². The number of nitrogens with one attached hydrogen (secondary N) is 1. The van der Waals surface area contributed by atoms with Gasteiger partial charge in [-0.15, -0.1) is 0 Å². The molecule has 174 valence electrons. The molecule has 0 unspecified atom stereocenters. The molecule has 3 rings (SSSR count). The van der Waals surface area contributed by atoms with Crippen molar-refractivity contribution in [2.75, 3.05) is 13.2 Å². The van der Waals surface area contributed by atoms with Crippen LogP contribution in [0.1, 0.15) is 32.7 Å². The highest BCUT2D eigenvalue weighted by atomic mass is 79.9. The zero-order chi connectivity index (χ0) is 24.1. The fourth-order valence-corrected chi connectivity index (χ4v) is 4.00. The fourth-order valence-electron chi connectivity index (χ4n) is 3.51. The number of aliphatic hydroxyl groups is 2. The van der Waals surface area contributed by atoms with Gasteiger partial charge in [0.05, 0.1) is 29.1 Å². The summed E-state index contributed by atoms with van der Waals surface area (Å²) in [6.45, 7) is 1.23. The lowest BCUT2D eigenvalue weighted by Gasteiger charge is -2.18. The number of hydrogen-bond acceptors (Lipinski definition) is 4. The van der Waals surface area contributed by atoms with E-state index in [9.17, 15) is 23.5 Å². The molecule has 1 amide bonds. The topological polar surface area (TPSA) is 91.6 Å². The Morgan fingerprint density at radius 2 is 1.79 bits per heavy atom. The van der Waals surface area contributed by atoms with Crippen LogP contribution in [0.25, 0.3) is 5.69 Å². The Labute approximate surface area is 197 Å². The number of rotatable bonds is 8. The average Bonchev–Trinajstić information content (AvgIpc) is 2.79. The van der Waals surface area contributed by atoms with Crippen molar-refractivity contribution in [1.82, 2.24) is 9.88 Å². The Hall–Kier alpha value is -2.88. The Morgan fingerprint density at radius 1 is 1.06 bits per heavy atom. The van der Waals surface area contributed by atoms with Gasteiger partial charge in [0.1, 0.15) is 11.6 Å². The van der Waals surface area contributed by atoms with Crippen LogP contribution in [0.15, 0.2) is 51.7 Å². The summed E-state index contributed by atoms with van der Waals surface area (Å²) in [5.74, 6) is -1.72. The molecule has 0 atom stereocenters. The quantitative estimate of drug-likeness (QED) is 0.425. The molecule has 0 radical (unpaired) electrons. The number of carbonyl (C=O) groups is 1. The first-order valence-electron chi connectivity index (χ1n) is 10.2. The van der Waals surface area contributed by atoms with E-state index in [1.807, 2.05) is 0 Å². The molecule has 0 spiro atoms. The molecule has 0 fully saturated rings. The van der Waals surface area contributed by atoms with Gasteiger partial charge in [0, 0.05) is 18.2 Å². The summed E-state index contributed by atoms with van der Waals surface area (Å²) in [6.07, 6.45) is 0.521. The molecule has 2 aromatic carbocycles. The summed E-state index contributed by atoms with van der Waals surface area (Å²) in [5.41, 5.74) is 2.18. The van der Waals surface area contributed by atoms with Crippen molar-refractivity contribution < 1.29 is 23.8 Å². The van der Waals surface area contributed by atoms with Gasteiger partial charge in [-0.3, -0.25) is 14.2 Å². The second-order valence-electron chi connectivity index (χ2n) is 7.49. The van der Waals surface area contributed by atoms with Crippen LogP contribution in [0.4, 0.5) is 8.78 Å². The highest BCUT2D eigenvalue weighted by Gasteiger charge is 2.17. The normalized spacial score (nSPS) is 11.0. The van der Waals surface area contributed by atoms with Crippen LogP contribution >= 0.6 is 15.9 Å². The molecule has 0 bridgehead atoms. The number of aromatic nitrogens is 1. The highest BCUT2D eigenvalue weighted by molar-refractivity contribution is 9.10. The van der Waals surface area contributed by atoms with E-state index in [-0.39, 0.29) is 30.5 Å². The van der Waals surface area contributed by atoms with E-state index >= 15 is 0 Å². The predicted molar refractivity (Wildman–Crippen MR) is 124 cm³/mol. The molecule has 0 saturated carbocycles. The molecule has 9 heteroatoms. The van der Waals surface area contributed by atoms with Gasteiger partial charge in [-0.1, -0.05) is 12.1 Å². The number of pyridine rings is 1. The van der Waals surface area contributed by atoms with Crippen molar-refractivity contribution in [1.29, 1.82) is 0 Å². The van der Waals surface area contributed by atoms with Gasteiger partial charge in [0.25, 0.3) is 11.5 Å². The third-order valence-electron chi connectivity index (χ3n) is 5.25. The molecule has 33 heavy (non-hydrogen) atoms. The van der Waals surface area contributed by atoms with E-state index in [2.05, 4.69) is 21.2 Å². The van der Waals surface area contributed by atoms with Gasteiger partial charge in [0.2, 0.25) is 0 Å². The van der Waals surface area contributed by atoms with Gasteiger partial charge in [-0.05, 0) is 76.7 Å². The summed E-state index contributed by atoms with van der Waals surface area (Å²) in [5, 5.41) is 21.5. The van der Waals surface area contributed by atoms with Gasteiger partial charge < -0.3 is 15.5 Å². The van der Waals surface area contributed by atoms with Gasteiger partial charge in [-0.2, -0.15) is 0 Å². The molecule has 1 heterocycles. The second-order valence-corrected chi connectivity index (χ2v) is 8.28. The molecule has 6 nitrogen and oxygen atoms in total. The number of nitrogens with zero attached hydrogens (tertiary/aromatic N) is 1. The molecule has 3 aromatic rings. The first-order valence-corrected chi connectivity index (χ1v) is 11.0. The molecule has 0 aliphatic heterocycles. The summed E-state index contributed by atoms with van der Waals surface area (Å²) >= 11 is 3.33. The lowest BCUT2D eigenvalue weighted by atomic mass is 10.0. The first-order chi connectivity index (χ1) is 15.8. The summed E-state index contributed by atoms with van der Waals surface area (Å²) in [6, 6.07) is 9.84. The Bertz CT molecular complexity index is 1240. The van der Waals surface area contributed by atoms with Crippen molar-refractivity contribution in [2.45, 2.75) is 26.4 Å². The van der Waals surface area contributed by atoms with Crippen molar-refractivity contribution in [3.05, 3.63) is 96.9 Å². The second kappa shape index (κ2) is 10.8. The average molecular weight is 521 g/mol. The van der Waals surface area contributed by atoms with Crippen LogP contribution < -0.4 is 10.9 Å². The summed E-state index contributed by atoms with van der Waals surface area (Å²) in [7, 11) is 0. The standard InChI is InChI=1S/C24H23BrF2N2O4/c1-14-2-3-17(23(32)28-8-9-30)11-21(14)29-19(13-31)10-16(22(25)24(29)33)5-4-15-6-7-18(26)12-20(15)27/h2-3,6-7,10-12,30-31H,4-5,8-9,13H2,1H3,(H,28,32). The van der Waals surface area contributed by atoms with Crippen molar-refractivity contribution in [2.24, 2.45) is 0 Å². The molecule has 3 N–H and O–H groups in total. The number of benzene rings is 2. The summed E-state index contributed by atoms with van der Waals surface area (Å²) < 4.78 is 28.7. The molecule has 0 aliphatic rings. The maximum absolute atomic E-state index is 14.0. The van der Waals surface area contributed by atoms with Crippen molar-refractivity contribution in [3.63, 3.8) is 0 Å². The number of carbonyl (C=O) groups excluding carboxylic acids is 1. The van der Waals surface area contributed by atoms with Crippen LogP contribution in [0.3, 0.4) is 0 Å². The van der Waals surface area contributed by atoms with Gasteiger partial charge in [-0.25, -0.2) is 8.78 Å². The molecule has 0 aliphatic carbocycles. The minimum atomic E-state index is -0.662. The van der Waals surface area contributed by atoms with E-state index in [1.54, 1.807) is 31.2 Å². The van der Waals surface area contributed by atoms with Crippen LogP contribution in [0.5, 0.6) is 0 Å². The predicted octanol–water partition coefficient (Wildman–Crippen LogP) is 3.19. The maximum Gasteiger partial charge on any atom is 0.269 e. The molecular formula is C24H23BrF2N2O4. The smallest absolute Gasteiger partial charge is 0.269 e. The van der Waals surface area contributed by atoms with E-state index in [0.29, 0.717) is 33.6 Å². The number of amides is 1. The minimum absolute atomic E-state index is 0.0960. The third kappa shape index (κ3) is 5.55. The van der Waals surface area contributed by atoms with E-state index in [4.69, 9.17) is 5.11 Å². The van der Waals surface area contributed by atoms with E-state index in [1.165, 1.54) is 16.7 Å². The fraction of sp³-hybridized carbons (Fsp3) is 0.250. The van der Waals surface area contributed by atoms with Crippen molar-refractivity contribution in [3.8, 4) is 5.69 Å². The molecular weight excluding hydrogens is 498 g/mol. The number of aliphatic hydroxyl groups excluding tert-OH is 2. The molecule has 1 aromatic heterocycles. The van der Waals surface area contributed by atoms with Gasteiger partial charge in [0.15, 0.2) is 0 Å². The SMILES string of the molecule is Cc1ccc(C(=O)NCCO)cc1-n1c(CO)cc(CCc2ccc(F)cc2F)c(Br)c1=O. The van der Waals surface area contributed by atoms with Crippen LogP contribution in [-0.4, -0.2) is 33.8 Å². The number of aryl methyl sites for hydroxylation is 3. The zero-order valence-corrected chi connectivity index (χ0v) is 19.5. The first kappa shape index (κ1) is 24.8. The third-order valence-corrected chi connectivity index (χ3v) is 6.10. The van der Waals surface area contributed by atoms with E-state index in [0.717, 1.165) is 6.07 Å². The van der Waals surface area contributed by atoms with Crippen LogP contribution in [-0.2, 0) is 19.4 Å². The van der Waals surface area contributed by atoms with Crippen molar-refractivity contribution >= 4 is 21.8 Å². The molecule has 0 saturated heterocycles. The monoisotopic (exact) mass is 520 g/mol. The Kier molecular flexibility index (Phi) is 8.12. The number of halogens is 3. The Balaban J connectivity index is 2.00. The van der Waals surface area contributed by atoms with Gasteiger partial charge >= 0.3 is 0 Å². The lowest BCUT2D eigenvalue weighted by Crippen LogP contribution is -2.28. The lowest BCUT2D eigenvalue weighted by molar-refractivity contribution is 0.0944.